The maximum Gasteiger partial charge on any atom is 0.100 e. The van der Waals surface area contributed by atoms with Gasteiger partial charge in [-0.05, 0) is 76.7 Å². The fraction of sp³-hybridized carbons (Fsp3) is 0.0250. The summed E-state index contributed by atoms with van der Waals surface area (Å²) in [4.78, 5) is 2.33. The van der Waals surface area contributed by atoms with Gasteiger partial charge in [-0.1, -0.05) is 115 Å². The summed E-state index contributed by atoms with van der Waals surface area (Å²) in [6.07, 6.45) is 4.28. The van der Waals surface area contributed by atoms with Gasteiger partial charge in [0.05, 0.1) is 11.3 Å². The lowest BCUT2D eigenvalue weighted by Crippen LogP contribution is -2.10. The molecule has 0 atom stereocenters. The van der Waals surface area contributed by atoms with Crippen molar-refractivity contribution in [2.45, 2.75) is 6.92 Å². The van der Waals surface area contributed by atoms with Gasteiger partial charge in [-0.15, -0.1) is 0 Å². The molecule has 0 unspecified atom stereocenters. The Morgan fingerprint density at radius 1 is 0.524 bits per heavy atom. The van der Waals surface area contributed by atoms with Gasteiger partial charge < -0.3 is 4.90 Å². The third kappa shape index (κ3) is 4.68. The smallest absolute Gasteiger partial charge is 0.100 e. The monoisotopic (exact) mass is 536 g/mol. The number of rotatable bonds is 5. The van der Waals surface area contributed by atoms with Gasteiger partial charge in [-0.25, -0.2) is 0 Å². The zero-order chi connectivity index (χ0) is 28.5. The van der Waals surface area contributed by atoms with Crippen LogP contribution in [0.3, 0.4) is 0 Å². The van der Waals surface area contributed by atoms with Gasteiger partial charge in [0, 0.05) is 27.5 Å². The van der Waals surface area contributed by atoms with Crippen molar-refractivity contribution in [1.29, 1.82) is 5.26 Å². The number of nitriles is 1. The van der Waals surface area contributed by atoms with Crippen molar-refractivity contribution in [2.75, 3.05) is 4.90 Å². The zero-order valence-corrected chi connectivity index (χ0v) is 23.3. The Kier molecular flexibility index (Phi) is 6.47. The predicted molar refractivity (Wildman–Crippen MR) is 178 cm³/mol. The van der Waals surface area contributed by atoms with Gasteiger partial charge in [0.1, 0.15) is 6.07 Å². The highest BCUT2D eigenvalue weighted by Crippen LogP contribution is 2.39. The molecular formula is C40H28N2. The van der Waals surface area contributed by atoms with Gasteiger partial charge in [-0.3, -0.25) is 0 Å². The molecule has 0 saturated carbocycles. The molecule has 198 valence electrons. The maximum atomic E-state index is 9.86. The number of hydrogen-bond donors (Lipinski definition) is 0. The first-order valence-electron chi connectivity index (χ1n) is 14.2. The molecule has 0 aromatic heterocycles. The third-order valence-electron chi connectivity index (χ3n) is 7.92. The van der Waals surface area contributed by atoms with Crippen LogP contribution >= 0.6 is 0 Å². The van der Waals surface area contributed by atoms with E-state index in [9.17, 15) is 5.26 Å². The highest BCUT2D eigenvalue weighted by Gasteiger charge is 2.15. The molecule has 2 heteroatoms. The van der Waals surface area contributed by atoms with Gasteiger partial charge in [0.2, 0.25) is 0 Å². The standard InChI is InChI=1S/C40H28N2/c1-28-13-20-34(21-14-28)42(40-12-6-9-31-7-2-5-11-38(31)40)35-22-17-29(18-23-35)15-16-30-19-24-37-33(25-30)26-32-8-3-4-10-36(32)39(37)27-41/h2-26H,1H3. The molecule has 0 radical (unpaired) electrons. The normalized spacial score (nSPS) is 11.3. The fourth-order valence-electron chi connectivity index (χ4n) is 5.77. The number of aryl methyl sites for hydroxylation is 1. The Hall–Kier alpha value is -5.65. The summed E-state index contributed by atoms with van der Waals surface area (Å²) in [7, 11) is 0. The number of hydrogen-bond acceptors (Lipinski definition) is 2. The van der Waals surface area contributed by atoms with Crippen LogP contribution in [0.25, 0.3) is 44.5 Å². The van der Waals surface area contributed by atoms with E-state index in [2.05, 4.69) is 151 Å². The quantitative estimate of drug-likeness (QED) is 0.162. The van der Waals surface area contributed by atoms with E-state index in [-0.39, 0.29) is 0 Å². The van der Waals surface area contributed by atoms with Crippen LogP contribution in [0.15, 0.2) is 140 Å². The molecule has 7 rings (SSSR count). The zero-order valence-electron chi connectivity index (χ0n) is 23.3. The van der Waals surface area contributed by atoms with E-state index < -0.39 is 0 Å². The van der Waals surface area contributed by atoms with Crippen LogP contribution in [-0.4, -0.2) is 0 Å². The molecule has 0 N–H and O–H groups in total. The van der Waals surface area contributed by atoms with Crippen LogP contribution < -0.4 is 4.90 Å². The lowest BCUT2D eigenvalue weighted by Gasteiger charge is -2.27. The summed E-state index contributed by atoms with van der Waals surface area (Å²) in [5.41, 5.74) is 7.58. The first kappa shape index (κ1) is 25.3. The van der Waals surface area contributed by atoms with Crippen LogP contribution in [0.1, 0.15) is 22.3 Å². The first-order chi connectivity index (χ1) is 20.7. The third-order valence-corrected chi connectivity index (χ3v) is 7.92. The molecule has 0 aliphatic heterocycles. The molecule has 7 aromatic rings. The Balaban J connectivity index is 1.23. The summed E-state index contributed by atoms with van der Waals surface area (Å²) < 4.78 is 0. The van der Waals surface area contributed by atoms with Gasteiger partial charge in [-0.2, -0.15) is 5.26 Å². The minimum absolute atomic E-state index is 0.735. The van der Waals surface area contributed by atoms with Crippen LogP contribution in [0, 0.1) is 18.3 Å². The number of benzene rings is 7. The summed E-state index contributed by atoms with van der Waals surface area (Å²) in [6.45, 7) is 2.12. The van der Waals surface area contributed by atoms with Crippen molar-refractivity contribution in [1.82, 2.24) is 0 Å². The van der Waals surface area contributed by atoms with Crippen molar-refractivity contribution >= 4 is 61.5 Å². The Morgan fingerprint density at radius 2 is 1.12 bits per heavy atom. The molecular weight excluding hydrogens is 508 g/mol. The van der Waals surface area contributed by atoms with E-state index in [1.807, 2.05) is 18.2 Å². The van der Waals surface area contributed by atoms with Crippen LogP contribution in [0.4, 0.5) is 17.1 Å². The van der Waals surface area contributed by atoms with Crippen molar-refractivity contribution < 1.29 is 0 Å². The van der Waals surface area contributed by atoms with Crippen molar-refractivity contribution in [2.24, 2.45) is 0 Å². The Morgan fingerprint density at radius 3 is 1.88 bits per heavy atom. The average Bonchev–Trinajstić information content (AvgIpc) is 3.04. The maximum absolute atomic E-state index is 9.86. The summed E-state index contributed by atoms with van der Waals surface area (Å²) in [5, 5.41) is 16.4. The largest absolute Gasteiger partial charge is 0.310 e. The fourth-order valence-corrected chi connectivity index (χ4v) is 5.77. The van der Waals surface area contributed by atoms with E-state index >= 15 is 0 Å². The Labute approximate surface area is 246 Å². The minimum Gasteiger partial charge on any atom is -0.310 e. The second kappa shape index (κ2) is 10.7. The summed E-state index contributed by atoms with van der Waals surface area (Å²) in [5.74, 6) is 0. The predicted octanol–water partition coefficient (Wildman–Crippen LogP) is 11.0. The van der Waals surface area contributed by atoms with E-state index in [1.54, 1.807) is 0 Å². The highest BCUT2D eigenvalue weighted by atomic mass is 15.1. The molecule has 0 fully saturated rings. The van der Waals surface area contributed by atoms with Crippen molar-refractivity contribution in [3.05, 3.63) is 162 Å². The van der Waals surface area contributed by atoms with Crippen LogP contribution in [0.2, 0.25) is 0 Å². The molecule has 0 aliphatic rings. The van der Waals surface area contributed by atoms with Gasteiger partial charge in [0.25, 0.3) is 0 Å². The second-order valence-electron chi connectivity index (χ2n) is 10.7. The number of nitrogens with zero attached hydrogens (tertiary/aromatic N) is 2. The van der Waals surface area contributed by atoms with E-state index in [0.29, 0.717) is 0 Å². The lowest BCUT2D eigenvalue weighted by atomic mass is 9.96. The average molecular weight is 537 g/mol. The highest BCUT2D eigenvalue weighted by molar-refractivity contribution is 6.05. The summed E-state index contributed by atoms with van der Waals surface area (Å²) in [6, 6.07) is 51.4. The molecule has 0 aliphatic carbocycles. The number of anilines is 3. The van der Waals surface area contributed by atoms with Crippen LogP contribution in [-0.2, 0) is 0 Å². The molecule has 0 saturated heterocycles. The van der Waals surface area contributed by atoms with E-state index in [4.69, 9.17) is 0 Å². The van der Waals surface area contributed by atoms with E-state index in [0.717, 1.165) is 55.3 Å². The number of fused-ring (bicyclic) bond motifs is 3. The lowest BCUT2D eigenvalue weighted by molar-refractivity contribution is 1.29. The molecule has 42 heavy (non-hydrogen) atoms. The van der Waals surface area contributed by atoms with Gasteiger partial charge >= 0.3 is 0 Å². The molecule has 7 aromatic carbocycles. The van der Waals surface area contributed by atoms with E-state index in [1.165, 1.54) is 16.3 Å². The Bertz CT molecular complexity index is 2140. The topological polar surface area (TPSA) is 27.0 Å². The van der Waals surface area contributed by atoms with Gasteiger partial charge in [0.15, 0.2) is 0 Å². The molecule has 0 bridgehead atoms. The summed E-state index contributed by atoms with van der Waals surface area (Å²) >= 11 is 0. The second-order valence-corrected chi connectivity index (χ2v) is 10.7. The molecule has 0 amide bonds. The SMILES string of the molecule is Cc1ccc(N(c2ccc(C=Cc3ccc4c(C#N)c5ccccc5cc4c3)cc2)c2cccc3ccccc23)cc1. The first-order valence-corrected chi connectivity index (χ1v) is 14.2. The minimum atomic E-state index is 0.735. The molecule has 2 nitrogen and oxygen atoms in total. The van der Waals surface area contributed by atoms with Crippen LogP contribution in [0.5, 0.6) is 0 Å². The van der Waals surface area contributed by atoms with Crippen molar-refractivity contribution in [3.63, 3.8) is 0 Å². The molecule has 0 spiro atoms. The van der Waals surface area contributed by atoms with Crippen molar-refractivity contribution in [3.8, 4) is 6.07 Å². The molecule has 0 heterocycles.